The van der Waals surface area contributed by atoms with Gasteiger partial charge in [0.15, 0.2) is 0 Å². The minimum atomic E-state index is -0.468. The fourth-order valence-electron chi connectivity index (χ4n) is 3.89. The van der Waals surface area contributed by atoms with E-state index in [-0.39, 0.29) is 42.0 Å². The molecule has 0 aromatic heterocycles. The number of carbonyl (C=O) groups is 2. The van der Waals surface area contributed by atoms with Crippen molar-refractivity contribution < 1.29 is 14.0 Å². The van der Waals surface area contributed by atoms with E-state index in [0.29, 0.717) is 19.6 Å². The molecule has 27 heavy (non-hydrogen) atoms. The summed E-state index contributed by atoms with van der Waals surface area (Å²) in [4.78, 5) is 29.0. The fourth-order valence-corrected chi connectivity index (χ4v) is 3.89. The third-order valence-electron chi connectivity index (χ3n) is 5.36. The molecule has 1 aromatic rings. The topological polar surface area (TPSA) is 78.7 Å². The minimum absolute atomic E-state index is 0. The van der Waals surface area contributed by atoms with Crippen molar-refractivity contribution in [3.8, 4) is 0 Å². The summed E-state index contributed by atoms with van der Waals surface area (Å²) in [6.07, 6.45) is 4.60. The van der Waals surface area contributed by atoms with E-state index < -0.39 is 5.82 Å². The number of nitrogens with one attached hydrogen (secondary N) is 1. The van der Waals surface area contributed by atoms with Gasteiger partial charge < -0.3 is 20.9 Å². The number of rotatable bonds is 3. The van der Waals surface area contributed by atoms with Gasteiger partial charge in [0.25, 0.3) is 0 Å². The number of piperidine rings is 2. The lowest BCUT2D eigenvalue weighted by Gasteiger charge is -2.40. The first-order valence-electron chi connectivity index (χ1n) is 9.41. The van der Waals surface area contributed by atoms with E-state index in [0.717, 1.165) is 38.6 Å². The summed E-state index contributed by atoms with van der Waals surface area (Å²) in [5, 5.41) is 2.61. The Balaban J connectivity index is 0.00000261. The van der Waals surface area contributed by atoms with Gasteiger partial charge in [-0.1, -0.05) is 12.1 Å². The molecule has 150 valence electrons. The number of anilines is 1. The summed E-state index contributed by atoms with van der Waals surface area (Å²) in [5.41, 5.74) is 5.99. The molecule has 0 radical (unpaired) electrons. The third kappa shape index (κ3) is 5.11. The Kier molecular flexibility index (Phi) is 7.86. The zero-order valence-electron chi connectivity index (χ0n) is 15.4. The number of amides is 3. The lowest BCUT2D eigenvalue weighted by atomic mass is 9.93. The Hall–Kier alpha value is -1.86. The van der Waals surface area contributed by atoms with E-state index in [4.69, 9.17) is 5.73 Å². The standard InChI is InChI=1S/C19H27FN4O2.ClH/c20-16-8-1-2-9-17(16)22-19(26)23-10-5-6-14(13-23)18(25)24-11-4-3-7-15(24)12-21;/h1-2,8-9,14-15H,3-7,10-13,21H2,(H,22,26);1H. The molecule has 0 bridgehead atoms. The van der Waals surface area contributed by atoms with Crippen LogP contribution in [-0.4, -0.2) is 54.0 Å². The number of para-hydroxylation sites is 1. The molecule has 3 amide bonds. The van der Waals surface area contributed by atoms with Crippen LogP contribution in [0.15, 0.2) is 24.3 Å². The molecule has 3 rings (SSSR count). The van der Waals surface area contributed by atoms with E-state index in [1.54, 1.807) is 17.0 Å². The van der Waals surface area contributed by atoms with Crippen molar-refractivity contribution in [2.24, 2.45) is 11.7 Å². The SMILES string of the molecule is Cl.NCC1CCCCN1C(=O)C1CCCN(C(=O)Nc2ccccc2F)C1. The smallest absolute Gasteiger partial charge is 0.321 e. The van der Waals surface area contributed by atoms with Gasteiger partial charge in [0, 0.05) is 32.2 Å². The highest BCUT2D eigenvalue weighted by Crippen LogP contribution is 2.24. The van der Waals surface area contributed by atoms with Gasteiger partial charge >= 0.3 is 6.03 Å². The molecule has 1 aromatic carbocycles. The summed E-state index contributed by atoms with van der Waals surface area (Å²) < 4.78 is 13.7. The van der Waals surface area contributed by atoms with Crippen molar-refractivity contribution in [3.63, 3.8) is 0 Å². The van der Waals surface area contributed by atoms with Gasteiger partial charge in [-0.15, -0.1) is 12.4 Å². The Labute approximate surface area is 165 Å². The Morgan fingerprint density at radius 3 is 2.67 bits per heavy atom. The molecule has 8 heteroatoms. The molecule has 2 unspecified atom stereocenters. The van der Waals surface area contributed by atoms with Crippen molar-refractivity contribution in [2.75, 3.05) is 31.5 Å². The second kappa shape index (κ2) is 9.90. The van der Waals surface area contributed by atoms with Crippen molar-refractivity contribution in [2.45, 2.75) is 38.1 Å². The van der Waals surface area contributed by atoms with Gasteiger partial charge in [0.05, 0.1) is 11.6 Å². The lowest BCUT2D eigenvalue weighted by molar-refractivity contribution is -0.140. The molecule has 2 atom stereocenters. The average molecular weight is 399 g/mol. The predicted octanol–water partition coefficient (Wildman–Crippen LogP) is 2.83. The maximum absolute atomic E-state index is 13.7. The fraction of sp³-hybridized carbons (Fsp3) is 0.579. The Morgan fingerprint density at radius 2 is 1.93 bits per heavy atom. The zero-order chi connectivity index (χ0) is 18.5. The number of likely N-dealkylation sites (tertiary alicyclic amines) is 2. The number of nitrogens with two attached hydrogens (primary N) is 1. The number of benzene rings is 1. The molecule has 2 heterocycles. The first-order chi connectivity index (χ1) is 12.6. The number of carbonyl (C=O) groups excluding carboxylic acids is 2. The second-order valence-electron chi connectivity index (χ2n) is 7.11. The Morgan fingerprint density at radius 1 is 1.15 bits per heavy atom. The van der Waals surface area contributed by atoms with Gasteiger partial charge in [0.1, 0.15) is 5.82 Å². The van der Waals surface area contributed by atoms with E-state index in [2.05, 4.69) is 5.32 Å². The number of urea groups is 1. The minimum Gasteiger partial charge on any atom is -0.338 e. The van der Waals surface area contributed by atoms with E-state index in [1.165, 1.54) is 12.1 Å². The summed E-state index contributed by atoms with van der Waals surface area (Å²) in [5.74, 6) is -0.574. The summed E-state index contributed by atoms with van der Waals surface area (Å²) in [6, 6.07) is 5.83. The highest BCUT2D eigenvalue weighted by atomic mass is 35.5. The van der Waals surface area contributed by atoms with Gasteiger partial charge in [-0.2, -0.15) is 0 Å². The number of halogens is 2. The van der Waals surface area contributed by atoms with Crippen LogP contribution in [0.1, 0.15) is 32.1 Å². The molecule has 2 fully saturated rings. The predicted molar refractivity (Wildman–Crippen MR) is 105 cm³/mol. The van der Waals surface area contributed by atoms with E-state index in [1.807, 2.05) is 4.90 Å². The summed E-state index contributed by atoms with van der Waals surface area (Å²) in [6.45, 7) is 2.17. The molecule has 2 aliphatic heterocycles. The molecule has 3 N–H and O–H groups in total. The molecule has 0 saturated carbocycles. The first-order valence-corrected chi connectivity index (χ1v) is 9.41. The Bertz CT molecular complexity index is 660. The van der Waals surface area contributed by atoms with Crippen LogP contribution in [0.5, 0.6) is 0 Å². The molecular weight excluding hydrogens is 371 g/mol. The maximum Gasteiger partial charge on any atom is 0.321 e. The molecule has 6 nitrogen and oxygen atoms in total. The van der Waals surface area contributed by atoms with Crippen LogP contribution in [0, 0.1) is 11.7 Å². The average Bonchev–Trinajstić information content (AvgIpc) is 2.69. The number of nitrogens with zero attached hydrogens (tertiary/aromatic N) is 2. The normalized spacial score (nSPS) is 22.7. The van der Waals surface area contributed by atoms with Crippen LogP contribution in [-0.2, 0) is 4.79 Å². The number of hydrogen-bond acceptors (Lipinski definition) is 3. The van der Waals surface area contributed by atoms with Crippen molar-refractivity contribution in [1.82, 2.24) is 9.80 Å². The van der Waals surface area contributed by atoms with Crippen LogP contribution in [0.25, 0.3) is 0 Å². The highest BCUT2D eigenvalue weighted by Gasteiger charge is 2.34. The van der Waals surface area contributed by atoms with E-state index >= 15 is 0 Å². The van der Waals surface area contributed by atoms with Crippen molar-refractivity contribution >= 4 is 30.0 Å². The van der Waals surface area contributed by atoms with Gasteiger partial charge in [-0.25, -0.2) is 9.18 Å². The van der Waals surface area contributed by atoms with Crippen LogP contribution < -0.4 is 11.1 Å². The quantitative estimate of drug-likeness (QED) is 0.821. The lowest BCUT2D eigenvalue weighted by Crippen LogP contribution is -2.53. The molecule has 0 spiro atoms. The third-order valence-corrected chi connectivity index (χ3v) is 5.36. The highest BCUT2D eigenvalue weighted by molar-refractivity contribution is 5.90. The van der Waals surface area contributed by atoms with Crippen molar-refractivity contribution in [3.05, 3.63) is 30.1 Å². The van der Waals surface area contributed by atoms with Gasteiger partial charge in [-0.3, -0.25) is 4.79 Å². The summed E-state index contributed by atoms with van der Waals surface area (Å²) in [7, 11) is 0. The van der Waals surface area contributed by atoms with Crippen LogP contribution in [0.4, 0.5) is 14.9 Å². The largest absolute Gasteiger partial charge is 0.338 e. The molecule has 0 aliphatic carbocycles. The van der Waals surface area contributed by atoms with Crippen LogP contribution in [0.3, 0.4) is 0 Å². The summed E-state index contributed by atoms with van der Waals surface area (Å²) >= 11 is 0. The maximum atomic E-state index is 13.7. The first kappa shape index (κ1) is 21.4. The number of hydrogen-bond donors (Lipinski definition) is 2. The molecular formula is C19H28ClFN4O2. The molecule has 2 aliphatic rings. The van der Waals surface area contributed by atoms with Gasteiger partial charge in [-0.05, 0) is 44.2 Å². The monoisotopic (exact) mass is 398 g/mol. The van der Waals surface area contributed by atoms with Crippen molar-refractivity contribution in [1.29, 1.82) is 0 Å². The second-order valence-corrected chi connectivity index (χ2v) is 7.11. The van der Waals surface area contributed by atoms with E-state index in [9.17, 15) is 14.0 Å². The van der Waals surface area contributed by atoms with Crippen LogP contribution in [0.2, 0.25) is 0 Å². The molecule has 2 saturated heterocycles. The van der Waals surface area contributed by atoms with Gasteiger partial charge in [0.2, 0.25) is 5.91 Å². The zero-order valence-corrected chi connectivity index (χ0v) is 16.2. The van der Waals surface area contributed by atoms with Crippen LogP contribution >= 0.6 is 12.4 Å².